The van der Waals surface area contributed by atoms with Crippen LogP contribution >= 0.6 is 0 Å². The summed E-state index contributed by atoms with van der Waals surface area (Å²) in [6.07, 6.45) is -2.03. The van der Waals surface area contributed by atoms with E-state index in [0.29, 0.717) is 0 Å². The summed E-state index contributed by atoms with van der Waals surface area (Å²) in [4.78, 5) is 37.9. The fourth-order valence-electron chi connectivity index (χ4n) is 2.79. The molecule has 0 radical (unpaired) electrons. The van der Waals surface area contributed by atoms with Gasteiger partial charge in [-0.05, 0) is 23.4 Å². The third-order valence-electron chi connectivity index (χ3n) is 4.27. The molecule has 2 aromatic rings. The molecule has 2 amide bonds. The molecule has 0 saturated heterocycles. The van der Waals surface area contributed by atoms with Crippen LogP contribution in [0.2, 0.25) is 0 Å². The Morgan fingerprint density at radius 1 is 0.968 bits per heavy atom. The lowest BCUT2D eigenvalue weighted by atomic mass is 10.0. The number of nitrogens with one attached hydrogen (secondary N) is 2. The van der Waals surface area contributed by atoms with Gasteiger partial charge in [0.25, 0.3) is 0 Å². The Bertz CT molecular complexity index is 927. The highest BCUT2D eigenvalue weighted by Gasteiger charge is 2.28. The van der Waals surface area contributed by atoms with Crippen LogP contribution in [0.15, 0.2) is 60.7 Å². The molecule has 0 aliphatic carbocycles. The quantitative estimate of drug-likeness (QED) is 0.567. The van der Waals surface area contributed by atoms with Gasteiger partial charge in [0.1, 0.15) is 18.7 Å². The molecular weight excluding hydrogens is 396 g/mol. The van der Waals surface area contributed by atoms with Crippen LogP contribution < -0.4 is 10.6 Å². The topological polar surface area (TPSA) is 93.7 Å². The molecule has 0 aliphatic rings. The maximum atomic E-state index is 13.1. The number of alkyl carbamates (subject to hydrolysis) is 1. The lowest BCUT2D eigenvalue weighted by Crippen LogP contribution is -2.53. The van der Waals surface area contributed by atoms with Gasteiger partial charge in [0.2, 0.25) is 5.91 Å². The molecule has 2 rings (SSSR count). The number of carbonyl (C=O) groups is 3. The van der Waals surface area contributed by atoms with Crippen molar-refractivity contribution in [2.24, 2.45) is 5.92 Å². The fraction of sp³-hybridized carbons (Fsp3) is 0.375. The molecule has 0 aliphatic heterocycles. The smallest absolute Gasteiger partial charge is 0.408 e. The third kappa shape index (κ3) is 8.50. The van der Waals surface area contributed by atoms with Crippen LogP contribution in [0.1, 0.15) is 34.1 Å². The van der Waals surface area contributed by atoms with Crippen molar-refractivity contribution in [1.29, 1.82) is 0 Å². The van der Waals surface area contributed by atoms with E-state index in [9.17, 15) is 14.4 Å². The zero-order chi connectivity index (χ0) is 24.4. The van der Waals surface area contributed by atoms with Crippen molar-refractivity contribution in [3.05, 3.63) is 71.8 Å². The molecular formula is C24H30N2O5. The van der Waals surface area contributed by atoms with E-state index < -0.39 is 42.3 Å². The van der Waals surface area contributed by atoms with E-state index in [1.165, 1.54) is 0 Å². The predicted octanol–water partition coefficient (Wildman–Crippen LogP) is 3.23. The first-order chi connectivity index (χ1) is 15.7. The van der Waals surface area contributed by atoms with E-state index in [4.69, 9.17) is 7.48 Å². The lowest BCUT2D eigenvalue weighted by molar-refractivity contribution is -0.145. The lowest BCUT2D eigenvalue weighted by Gasteiger charge is -2.23. The summed E-state index contributed by atoms with van der Waals surface area (Å²) in [6, 6.07) is 14.5. The molecule has 0 saturated carbocycles. The van der Waals surface area contributed by atoms with Gasteiger partial charge in [-0.1, -0.05) is 74.5 Å². The van der Waals surface area contributed by atoms with Crippen LogP contribution in [0.3, 0.4) is 0 Å². The van der Waals surface area contributed by atoms with E-state index in [0.717, 1.165) is 18.2 Å². The second-order valence-electron chi connectivity index (χ2n) is 7.25. The van der Waals surface area contributed by atoms with Gasteiger partial charge in [-0.2, -0.15) is 0 Å². The molecule has 2 aromatic carbocycles. The Balaban J connectivity index is 2.19. The van der Waals surface area contributed by atoms with Crippen molar-refractivity contribution in [3.63, 3.8) is 0 Å². The Hall–Kier alpha value is -3.35. The second-order valence-corrected chi connectivity index (χ2v) is 7.25. The van der Waals surface area contributed by atoms with Gasteiger partial charge in [0.15, 0.2) is 0 Å². The van der Waals surface area contributed by atoms with E-state index in [2.05, 4.69) is 15.4 Å². The van der Waals surface area contributed by atoms with Crippen LogP contribution in [-0.2, 0) is 32.1 Å². The first-order valence-corrected chi connectivity index (χ1v) is 10.0. The minimum atomic E-state index is -2.34. The van der Waals surface area contributed by atoms with Gasteiger partial charge in [-0.3, -0.25) is 4.79 Å². The van der Waals surface area contributed by atoms with Crippen molar-refractivity contribution in [2.45, 2.75) is 45.3 Å². The van der Waals surface area contributed by atoms with E-state index >= 15 is 0 Å². The number of carbonyl (C=O) groups excluding carboxylic acids is 3. The molecule has 0 aromatic heterocycles. The standard InChI is InChI=1S/C24H30N2O5/c1-17(2)14-21(23(28)30-3)25-22(27)20(15-18-10-6-4-7-11-18)26-24(29)31-16-19-12-8-5-9-13-19/h4-13,17,20-21H,14-16H2,1-3H3,(H,25,27)(H,26,29)/t20-,21-/m0/s1/i14D,21D/t14?,20-,21-. The summed E-state index contributed by atoms with van der Waals surface area (Å²) in [6.45, 7) is 3.34. The van der Waals surface area contributed by atoms with Crippen LogP contribution in [0.5, 0.6) is 0 Å². The minimum absolute atomic E-state index is 0.0129. The van der Waals surface area contributed by atoms with Crippen molar-refractivity contribution in [2.75, 3.05) is 7.11 Å². The van der Waals surface area contributed by atoms with Gasteiger partial charge in [-0.15, -0.1) is 0 Å². The van der Waals surface area contributed by atoms with Crippen LogP contribution in [-0.4, -0.2) is 37.1 Å². The molecule has 3 atom stereocenters. The highest BCUT2D eigenvalue weighted by atomic mass is 16.5. The number of amides is 2. The Morgan fingerprint density at radius 3 is 2.10 bits per heavy atom. The highest BCUT2D eigenvalue weighted by Crippen LogP contribution is 2.09. The van der Waals surface area contributed by atoms with E-state index in [1.807, 2.05) is 24.3 Å². The second kappa shape index (κ2) is 12.4. The van der Waals surface area contributed by atoms with Gasteiger partial charge in [-0.25, -0.2) is 9.59 Å². The summed E-state index contributed by atoms with van der Waals surface area (Å²) in [5.74, 6) is -2.28. The molecule has 31 heavy (non-hydrogen) atoms. The first-order valence-electron chi connectivity index (χ1n) is 11.1. The maximum absolute atomic E-state index is 13.1. The molecule has 7 nitrogen and oxygen atoms in total. The van der Waals surface area contributed by atoms with Gasteiger partial charge in [0.05, 0.1) is 8.48 Å². The Kier molecular flexibility index (Phi) is 8.34. The number of hydrogen-bond donors (Lipinski definition) is 2. The molecule has 7 heteroatoms. The summed E-state index contributed by atoms with van der Waals surface area (Å²) < 4.78 is 26.7. The number of methoxy groups -OCH3 is 1. The number of benzene rings is 2. The van der Waals surface area contributed by atoms with Crippen molar-refractivity contribution in [3.8, 4) is 0 Å². The number of ether oxygens (including phenoxy) is 2. The SMILES string of the molecule is [2H]C(C(C)C)[C@]([2H])(NC(=O)[C@H](Cc1ccccc1)NC(=O)OCc1ccccc1)C(=O)OC. The summed E-state index contributed by atoms with van der Waals surface area (Å²) in [5.41, 5.74) is 1.53. The molecule has 0 fully saturated rings. The van der Waals surface area contributed by atoms with Crippen molar-refractivity contribution >= 4 is 18.0 Å². The third-order valence-corrected chi connectivity index (χ3v) is 4.27. The largest absolute Gasteiger partial charge is 0.467 e. The molecule has 166 valence electrons. The average Bonchev–Trinajstić information content (AvgIpc) is 2.82. The van der Waals surface area contributed by atoms with E-state index in [-0.39, 0.29) is 13.0 Å². The highest BCUT2D eigenvalue weighted by molar-refractivity contribution is 5.89. The molecule has 0 heterocycles. The first kappa shape index (κ1) is 20.9. The van der Waals surface area contributed by atoms with E-state index in [1.54, 1.807) is 50.2 Å². The van der Waals surface area contributed by atoms with Gasteiger partial charge < -0.3 is 20.1 Å². The van der Waals surface area contributed by atoms with Crippen LogP contribution in [0.4, 0.5) is 4.79 Å². The monoisotopic (exact) mass is 428 g/mol. The van der Waals surface area contributed by atoms with Crippen LogP contribution in [0.25, 0.3) is 0 Å². The maximum Gasteiger partial charge on any atom is 0.408 e. The summed E-state index contributed by atoms with van der Waals surface area (Å²) in [5, 5.41) is 4.83. The van der Waals surface area contributed by atoms with Crippen molar-refractivity contribution in [1.82, 2.24) is 10.6 Å². The zero-order valence-electron chi connectivity index (χ0n) is 20.0. The summed E-state index contributed by atoms with van der Waals surface area (Å²) in [7, 11) is 1.09. The van der Waals surface area contributed by atoms with Gasteiger partial charge >= 0.3 is 12.1 Å². The zero-order valence-corrected chi connectivity index (χ0v) is 18.0. The molecule has 0 spiro atoms. The van der Waals surface area contributed by atoms with Crippen molar-refractivity contribution < 1.29 is 26.6 Å². The normalized spacial score (nSPS) is 15.5. The Morgan fingerprint density at radius 2 is 1.55 bits per heavy atom. The number of esters is 1. The molecule has 2 N–H and O–H groups in total. The number of hydrogen-bond acceptors (Lipinski definition) is 5. The summed E-state index contributed by atoms with van der Waals surface area (Å²) >= 11 is 0. The average molecular weight is 429 g/mol. The fourth-order valence-corrected chi connectivity index (χ4v) is 2.79. The molecule has 1 unspecified atom stereocenters. The van der Waals surface area contributed by atoms with Gasteiger partial charge in [0, 0.05) is 7.79 Å². The van der Waals surface area contributed by atoms with Crippen LogP contribution in [0, 0.1) is 5.92 Å². The molecule has 0 bridgehead atoms. The number of rotatable bonds is 10. The predicted molar refractivity (Wildman–Crippen MR) is 117 cm³/mol. The Labute approximate surface area is 185 Å². The minimum Gasteiger partial charge on any atom is -0.467 e.